The van der Waals surface area contributed by atoms with Gasteiger partial charge in [-0.15, -0.1) is 12.4 Å². The molecule has 7 heteroatoms. The monoisotopic (exact) mass is 322 g/mol. The van der Waals surface area contributed by atoms with Gasteiger partial charge in [-0.25, -0.2) is 0 Å². The lowest BCUT2D eigenvalue weighted by Gasteiger charge is -2.10. The fourth-order valence-corrected chi connectivity index (χ4v) is 1.71. The molecule has 0 radical (unpaired) electrons. The lowest BCUT2D eigenvalue weighted by atomic mass is 10.2. The lowest BCUT2D eigenvalue weighted by Crippen LogP contribution is -2.34. The lowest BCUT2D eigenvalue weighted by molar-refractivity contribution is -0.120. The third-order valence-electron chi connectivity index (χ3n) is 2.49. The maximum Gasteiger partial charge on any atom is 0.234 e. The molecular formula is C13H20Cl2N2O3. The molecule has 1 rings (SSSR count). The first kappa shape index (κ1) is 19.0. The highest BCUT2D eigenvalue weighted by molar-refractivity contribution is 6.30. The largest absolute Gasteiger partial charge is 0.496 e. The number of ether oxygens (including phenoxy) is 2. The fraction of sp³-hybridized carbons (Fsp3) is 0.462. The van der Waals surface area contributed by atoms with Gasteiger partial charge in [0, 0.05) is 30.8 Å². The van der Waals surface area contributed by atoms with Crippen molar-refractivity contribution < 1.29 is 14.3 Å². The Morgan fingerprint density at radius 1 is 1.35 bits per heavy atom. The van der Waals surface area contributed by atoms with Gasteiger partial charge in [0.1, 0.15) is 5.75 Å². The van der Waals surface area contributed by atoms with Crippen molar-refractivity contribution in [2.24, 2.45) is 0 Å². The molecule has 0 bridgehead atoms. The average Bonchev–Trinajstić information content (AvgIpc) is 2.41. The first-order valence-corrected chi connectivity index (χ1v) is 6.34. The van der Waals surface area contributed by atoms with E-state index >= 15 is 0 Å². The molecule has 0 saturated heterocycles. The van der Waals surface area contributed by atoms with Crippen LogP contribution in [0.4, 0.5) is 0 Å². The van der Waals surface area contributed by atoms with Gasteiger partial charge in [0.2, 0.25) is 5.91 Å². The normalized spacial score (nSPS) is 9.75. The van der Waals surface area contributed by atoms with Crippen LogP contribution in [0, 0.1) is 0 Å². The van der Waals surface area contributed by atoms with Gasteiger partial charge in [-0.05, 0) is 18.2 Å². The molecule has 0 fully saturated rings. The van der Waals surface area contributed by atoms with Gasteiger partial charge in [0.05, 0.1) is 20.3 Å². The smallest absolute Gasteiger partial charge is 0.234 e. The van der Waals surface area contributed by atoms with Crippen LogP contribution >= 0.6 is 24.0 Å². The summed E-state index contributed by atoms with van der Waals surface area (Å²) in [4.78, 5) is 11.6. The van der Waals surface area contributed by atoms with Crippen molar-refractivity contribution in [2.75, 3.05) is 33.9 Å². The molecule has 0 aromatic heterocycles. The summed E-state index contributed by atoms with van der Waals surface area (Å²) in [5, 5.41) is 6.38. The number of hydrogen-bond donors (Lipinski definition) is 2. The second-order valence-electron chi connectivity index (χ2n) is 3.90. The minimum Gasteiger partial charge on any atom is -0.496 e. The first-order valence-electron chi connectivity index (χ1n) is 5.96. The number of amides is 1. The zero-order valence-corrected chi connectivity index (χ0v) is 13.1. The number of hydrogen-bond acceptors (Lipinski definition) is 4. The number of halogens is 2. The van der Waals surface area contributed by atoms with Gasteiger partial charge in [0.25, 0.3) is 0 Å². The quantitative estimate of drug-likeness (QED) is 0.714. The van der Waals surface area contributed by atoms with Gasteiger partial charge in [-0.2, -0.15) is 0 Å². The molecule has 1 aromatic rings. The van der Waals surface area contributed by atoms with Crippen molar-refractivity contribution in [3.8, 4) is 5.75 Å². The van der Waals surface area contributed by atoms with E-state index in [0.717, 1.165) is 5.56 Å². The van der Waals surface area contributed by atoms with Crippen molar-refractivity contribution in [2.45, 2.75) is 6.54 Å². The third-order valence-corrected chi connectivity index (χ3v) is 2.72. The predicted molar refractivity (Wildman–Crippen MR) is 81.8 cm³/mol. The standard InChI is InChI=1S/C13H19ClN2O3.ClH/c1-18-6-5-15-9-13(17)16-8-10-7-11(14)3-4-12(10)19-2;/h3-4,7,15H,5-6,8-9H2,1-2H3,(H,16,17);1H. The third kappa shape index (κ3) is 6.96. The highest BCUT2D eigenvalue weighted by atomic mass is 35.5. The van der Waals surface area contributed by atoms with Gasteiger partial charge >= 0.3 is 0 Å². The molecule has 5 nitrogen and oxygen atoms in total. The fourth-order valence-electron chi connectivity index (χ4n) is 1.52. The van der Waals surface area contributed by atoms with Crippen molar-refractivity contribution in [3.05, 3.63) is 28.8 Å². The Bertz CT molecular complexity index is 417. The Hall–Kier alpha value is -1.01. The van der Waals surface area contributed by atoms with Crippen molar-refractivity contribution in [1.29, 1.82) is 0 Å². The van der Waals surface area contributed by atoms with E-state index in [1.807, 2.05) is 0 Å². The molecular weight excluding hydrogens is 303 g/mol. The highest BCUT2D eigenvalue weighted by Crippen LogP contribution is 2.22. The molecule has 0 saturated carbocycles. The van der Waals surface area contributed by atoms with E-state index < -0.39 is 0 Å². The van der Waals surface area contributed by atoms with Crippen LogP contribution in [0.15, 0.2) is 18.2 Å². The van der Waals surface area contributed by atoms with Crippen LogP contribution in [0.25, 0.3) is 0 Å². The van der Waals surface area contributed by atoms with E-state index in [4.69, 9.17) is 21.1 Å². The summed E-state index contributed by atoms with van der Waals surface area (Å²) in [5.74, 6) is 0.621. The summed E-state index contributed by atoms with van der Waals surface area (Å²) < 4.78 is 10.1. The topological polar surface area (TPSA) is 59.6 Å². The van der Waals surface area contributed by atoms with Crippen LogP contribution < -0.4 is 15.4 Å². The van der Waals surface area contributed by atoms with E-state index in [1.165, 1.54) is 0 Å². The Labute approximate surface area is 130 Å². The van der Waals surface area contributed by atoms with Crippen LogP contribution in [0.5, 0.6) is 5.75 Å². The summed E-state index contributed by atoms with van der Waals surface area (Å²) in [6, 6.07) is 5.30. The van der Waals surface area contributed by atoms with Gasteiger partial charge in [-0.1, -0.05) is 11.6 Å². The Balaban J connectivity index is 0.00000361. The molecule has 1 aromatic carbocycles. The van der Waals surface area contributed by atoms with Crippen LogP contribution in [-0.2, 0) is 16.1 Å². The van der Waals surface area contributed by atoms with E-state index in [9.17, 15) is 4.79 Å². The van der Waals surface area contributed by atoms with Gasteiger partial charge in [-0.3, -0.25) is 4.79 Å². The zero-order valence-electron chi connectivity index (χ0n) is 11.6. The second-order valence-corrected chi connectivity index (χ2v) is 4.34. The molecule has 0 spiro atoms. The van der Waals surface area contributed by atoms with E-state index in [1.54, 1.807) is 32.4 Å². The van der Waals surface area contributed by atoms with E-state index in [2.05, 4.69) is 10.6 Å². The summed E-state index contributed by atoms with van der Waals surface area (Å²) in [7, 11) is 3.20. The van der Waals surface area contributed by atoms with Gasteiger partial charge in [0.15, 0.2) is 0 Å². The number of carbonyl (C=O) groups excluding carboxylic acids is 1. The minimum absolute atomic E-state index is 0. The van der Waals surface area contributed by atoms with Crippen molar-refractivity contribution in [3.63, 3.8) is 0 Å². The molecule has 0 atom stereocenters. The molecule has 0 aliphatic rings. The molecule has 0 heterocycles. The second kappa shape index (κ2) is 10.7. The number of carbonyl (C=O) groups is 1. The number of nitrogens with one attached hydrogen (secondary N) is 2. The average molecular weight is 323 g/mol. The Kier molecular flexibility index (Phi) is 10.2. The maximum atomic E-state index is 11.6. The highest BCUT2D eigenvalue weighted by Gasteiger charge is 2.06. The minimum atomic E-state index is -0.0851. The zero-order chi connectivity index (χ0) is 14.1. The van der Waals surface area contributed by atoms with Crippen LogP contribution in [0.1, 0.15) is 5.56 Å². The molecule has 1 amide bonds. The van der Waals surface area contributed by atoms with Crippen LogP contribution in [0.2, 0.25) is 5.02 Å². The SMILES string of the molecule is COCCNCC(=O)NCc1cc(Cl)ccc1OC.Cl. The number of rotatable bonds is 8. The van der Waals surface area contributed by atoms with Gasteiger partial charge < -0.3 is 20.1 Å². The molecule has 2 N–H and O–H groups in total. The predicted octanol–water partition coefficient (Wildman–Crippen LogP) is 1.62. The van der Waals surface area contributed by atoms with Crippen LogP contribution in [0.3, 0.4) is 0 Å². The van der Waals surface area contributed by atoms with E-state index in [0.29, 0.717) is 30.5 Å². The first-order chi connectivity index (χ1) is 9.17. The summed E-state index contributed by atoms with van der Waals surface area (Å²) in [6.45, 7) is 1.86. The van der Waals surface area contributed by atoms with Crippen LogP contribution in [-0.4, -0.2) is 39.8 Å². The number of methoxy groups -OCH3 is 2. The summed E-state index contributed by atoms with van der Waals surface area (Å²) >= 11 is 5.91. The molecule has 0 unspecified atom stereocenters. The maximum absolute atomic E-state index is 11.6. The molecule has 0 aliphatic carbocycles. The van der Waals surface area contributed by atoms with Crippen molar-refractivity contribution in [1.82, 2.24) is 10.6 Å². The van der Waals surface area contributed by atoms with E-state index in [-0.39, 0.29) is 24.9 Å². The Morgan fingerprint density at radius 3 is 2.75 bits per heavy atom. The molecule has 20 heavy (non-hydrogen) atoms. The van der Waals surface area contributed by atoms with Crippen molar-refractivity contribution >= 4 is 29.9 Å². The summed E-state index contributed by atoms with van der Waals surface area (Å²) in [5.41, 5.74) is 0.847. The summed E-state index contributed by atoms with van der Waals surface area (Å²) in [6.07, 6.45) is 0. The number of benzene rings is 1. The molecule has 0 aliphatic heterocycles. The molecule has 114 valence electrons. The Morgan fingerprint density at radius 2 is 2.10 bits per heavy atom.